The number of hydrogen-bond acceptors (Lipinski definition) is 14. The van der Waals surface area contributed by atoms with Gasteiger partial charge in [-0.15, -0.1) is 0 Å². The largest absolute Gasteiger partial charge is 0.481 e. The van der Waals surface area contributed by atoms with E-state index in [9.17, 15) is 58.2 Å². The van der Waals surface area contributed by atoms with Gasteiger partial charge in [-0.25, -0.2) is 9.59 Å². The van der Waals surface area contributed by atoms with Crippen LogP contribution in [-0.4, -0.2) is 166 Å². The second kappa shape index (κ2) is 35.7. The minimum atomic E-state index is -1.25. The second-order valence-electron chi connectivity index (χ2n) is 18.2. The molecule has 8 N–H and O–H groups in total. The molecular formula is C52H75N7O14S2. The molecule has 7 atom stereocenters. The summed E-state index contributed by atoms with van der Waals surface area (Å²) in [7, 11) is 4.33. The number of amides is 4. The van der Waals surface area contributed by atoms with Crippen LogP contribution in [0.25, 0.3) is 0 Å². The first kappa shape index (κ1) is 64.7. The highest BCUT2D eigenvalue weighted by molar-refractivity contribution is 7.98. The third kappa shape index (κ3) is 25.1. The van der Waals surface area contributed by atoms with Gasteiger partial charge in [0.25, 0.3) is 6.47 Å². The van der Waals surface area contributed by atoms with Crippen molar-refractivity contribution < 1.29 is 68.0 Å². The van der Waals surface area contributed by atoms with Crippen LogP contribution < -0.4 is 26.6 Å². The minimum absolute atomic E-state index is 0.0241. The molecule has 414 valence electrons. The number of carbonyl (C=O) groups excluding carboxylic acids is 7. The number of aliphatic carboxylic acids is 3. The number of thioether (sulfide) groups is 1. The Balaban J connectivity index is 1.98. The normalized spacial score (nSPS) is 13.7. The van der Waals surface area contributed by atoms with E-state index in [2.05, 4.69) is 26.6 Å². The Morgan fingerprint density at radius 1 is 0.693 bits per heavy atom. The fourth-order valence-electron chi connectivity index (χ4n) is 7.96. The van der Waals surface area contributed by atoms with Gasteiger partial charge in [-0.05, 0) is 75.7 Å². The van der Waals surface area contributed by atoms with Crippen molar-refractivity contribution in [3.8, 4) is 0 Å². The van der Waals surface area contributed by atoms with E-state index in [0.717, 1.165) is 35.3 Å². The molecule has 0 fully saturated rings. The average molecular weight is 1090 g/mol. The lowest BCUT2D eigenvalue weighted by atomic mass is 9.89. The summed E-state index contributed by atoms with van der Waals surface area (Å²) < 4.78 is 4.77. The van der Waals surface area contributed by atoms with Gasteiger partial charge in [0.1, 0.15) is 30.0 Å². The molecule has 75 heavy (non-hydrogen) atoms. The third-order valence-electron chi connectivity index (χ3n) is 12.5. The number of Topliss-reactive ketones (excluding diaryl/α,β-unsaturated/α-hetero) is 2. The monoisotopic (exact) mass is 1090 g/mol. The van der Waals surface area contributed by atoms with Crippen molar-refractivity contribution in [1.29, 1.82) is 0 Å². The zero-order chi connectivity index (χ0) is 55.9. The van der Waals surface area contributed by atoms with Gasteiger partial charge in [-0.3, -0.25) is 38.4 Å². The molecule has 0 spiro atoms. The van der Waals surface area contributed by atoms with Crippen LogP contribution >= 0.6 is 24.0 Å². The van der Waals surface area contributed by atoms with Crippen molar-refractivity contribution in [3.63, 3.8) is 0 Å². The topological polar surface area (TPSA) is 307 Å². The maximum absolute atomic E-state index is 14.2. The summed E-state index contributed by atoms with van der Waals surface area (Å²) in [6.45, 7) is 1.43. The average Bonchev–Trinajstić information content (AvgIpc) is 3.38. The van der Waals surface area contributed by atoms with Crippen LogP contribution in [0.15, 0.2) is 60.7 Å². The fourth-order valence-corrected chi connectivity index (χ4v) is 8.92. The van der Waals surface area contributed by atoms with E-state index in [4.69, 9.17) is 22.1 Å². The Bertz CT molecular complexity index is 2190. The zero-order valence-electron chi connectivity index (χ0n) is 43.5. The van der Waals surface area contributed by atoms with E-state index in [-0.39, 0.29) is 99.1 Å². The molecule has 0 aromatic heterocycles. The molecule has 0 saturated heterocycles. The molecule has 1 unspecified atom stereocenters. The summed E-state index contributed by atoms with van der Waals surface area (Å²) in [4.78, 5) is 129. The van der Waals surface area contributed by atoms with Crippen LogP contribution in [0.5, 0.6) is 0 Å². The Morgan fingerprint density at radius 2 is 1.28 bits per heavy atom. The van der Waals surface area contributed by atoms with Crippen molar-refractivity contribution in [2.45, 2.75) is 140 Å². The standard InChI is InChI=1S/C52H75N7O14S2/c1-34(48(67)59(4)42(32-75-5)51(71)72)58(3)49(68)41(53-2)31-54-47(66)37(28-35-18-12-10-13-19-35)30-43(62)40(29-36-20-14-11-15-21-36)55-44(63)23-17-9-7-6-8-16-22-38(61)24-25-39(50(69)70)56-52(74)57-45(73-33-60)26-27-46(64)65/h10-15,18-21,33-34,37,39-42,45,53H,6-9,16-17,22-32H2,1-5H3,(H,54,66)(H,55,63)(H,64,65)(H,69,70)(H,71,72)(H2,56,57,74)/t34-,37+,39+,40-,41?,42-,45-/m0/s1. The number of ether oxygens (including phenoxy) is 1. The van der Waals surface area contributed by atoms with Crippen molar-refractivity contribution in [3.05, 3.63) is 71.8 Å². The van der Waals surface area contributed by atoms with Crippen LogP contribution in [0.2, 0.25) is 0 Å². The van der Waals surface area contributed by atoms with Crippen LogP contribution in [0.1, 0.15) is 102 Å². The summed E-state index contributed by atoms with van der Waals surface area (Å²) in [5, 5.41) is 41.8. The molecule has 21 nitrogen and oxygen atoms in total. The molecule has 0 aliphatic carbocycles. The highest BCUT2D eigenvalue weighted by Crippen LogP contribution is 2.18. The SMILES string of the molecule is CNC(CNC(=O)[C@@H](CC(=O)[C@H](Cc1ccccc1)NC(=O)CCCCCCCCC(=O)CC[C@@H](NC(=S)N[C@H](CCC(=O)O)OC=O)C(=O)O)Cc1ccccc1)C(=O)N(C)[C@@H](C)C(=O)N(C)[C@@H](CSC)C(=O)O. The summed E-state index contributed by atoms with van der Waals surface area (Å²) in [6.07, 6.45) is 4.85. The molecule has 0 bridgehead atoms. The van der Waals surface area contributed by atoms with Gasteiger partial charge in [-0.2, -0.15) is 11.8 Å². The highest BCUT2D eigenvalue weighted by atomic mass is 32.2. The number of thiocarbonyl (C=S) groups is 1. The number of benzene rings is 2. The molecule has 23 heteroatoms. The van der Waals surface area contributed by atoms with E-state index >= 15 is 0 Å². The first-order valence-corrected chi connectivity index (χ1v) is 26.7. The quantitative estimate of drug-likeness (QED) is 0.0206. The lowest BCUT2D eigenvalue weighted by Gasteiger charge is -2.33. The minimum Gasteiger partial charge on any atom is -0.481 e. The van der Waals surface area contributed by atoms with Gasteiger partial charge >= 0.3 is 17.9 Å². The molecule has 0 heterocycles. The van der Waals surface area contributed by atoms with Crippen LogP contribution in [-0.2, 0) is 65.5 Å². The Hall–Kier alpha value is -6.46. The number of nitrogens with one attached hydrogen (secondary N) is 5. The van der Waals surface area contributed by atoms with E-state index in [1.54, 1.807) is 6.26 Å². The van der Waals surface area contributed by atoms with Crippen molar-refractivity contribution in [1.82, 2.24) is 36.4 Å². The lowest BCUT2D eigenvalue weighted by Crippen LogP contribution is -2.57. The highest BCUT2D eigenvalue weighted by Gasteiger charge is 2.35. The van der Waals surface area contributed by atoms with Gasteiger partial charge in [0.05, 0.1) is 12.5 Å². The van der Waals surface area contributed by atoms with Crippen molar-refractivity contribution >= 4 is 88.7 Å². The third-order valence-corrected chi connectivity index (χ3v) is 13.4. The van der Waals surface area contributed by atoms with E-state index in [1.807, 2.05) is 60.7 Å². The maximum Gasteiger partial charge on any atom is 0.327 e. The number of rotatable bonds is 39. The summed E-state index contributed by atoms with van der Waals surface area (Å²) >= 11 is 6.37. The van der Waals surface area contributed by atoms with Crippen molar-refractivity contribution in [2.75, 3.05) is 39.7 Å². The number of unbranched alkanes of at least 4 members (excludes halogenated alkanes) is 5. The Kier molecular flexibility index (Phi) is 30.8. The molecular weight excluding hydrogens is 1010 g/mol. The number of nitrogens with zero attached hydrogens (tertiary/aromatic N) is 2. The number of ketones is 2. The molecule has 2 rings (SSSR count). The molecule has 0 radical (unpaired) electrons. The molecule has 2 aromatic rings. The lowest BCUT2D eigenvalue weighted by molar-refractivity contribution is -0.151. The van der Waals surface area contributed by atoms with Crippen LogP contribution in [0.4, 0.5) is 0 Å². The molecule has 4 amide bonds. The summed E-state index contributed by atoms with van der Waals surface area (Å²) in [5.41, 5.74) is 1.60. The van der Waals surface area contributed by atoms with Crippen LogP contribution in [0, 0.1) is 5.92 Å². The number of carboxylic acid groups (broad SMARTS) is 3. The number of carbonyl (C=O) groups is 10. The maximum atomic E-state index is 14.2. The molecule has 0 aliphatic rings. The fraction of sp³-hybridized carbons (Fsp3) is 0.558. The Morgan fingerprint density at radius 3 is 1.83 bits per heavy atom. The van der Waals surface area contributed by atoms with Crippen molar-refractivity contribution in [2.24, 2.45) is 5.92 Å². The van der Waals surface area contributed by atoms with E-state index in [1.165, 1.54) is 44.7 Å². The first-order valence-electron chi connectivity index (χ1n) is 24.9. The van der Waals surface area contributed by atoms with Crippen LogP contribution in [0.3, 0.4) is 0 Å². The predicted octanol–water partition coefficient (Wildman–Crippen LogP) is 3.11. The number of carboxylic acids is 3. The molecule has 0 aliphatic heterocycles. The van der Waals surface area contributed by atoms with Gasteiger partial charge in [-0.1, -0.05) is 86.3 Å². The van der Waals surface area contributed by atoms with Gasteiger partial charge in [0.15, 0.2) is 17.1 Å². The zero-order valence-corrected chi connectivity index (χ0v) is 45.1. The van der Waals surface area contributed by atoms with Gasteiger partial charge < -0.3 is 56.4 Å². The Labute approximate surface area is 448 Å². The first-order chi connectivity index (χ1) is 35.7. The van der Waals surface area contributed by atoms with E-state index in [0.29, 0.717) is 19.3 Å². The predicted molar refractivity (Wildman–Crippen MR) is 285 cm³/mol. The number of likely N-dealkylation sites (N-methyl/N-ethyl adjacent to an activating group) is 3. The summed E-state index contributed by atoms with van der Waals surface area (Å²) in [5.74, 6) is -6.66. The smallest absolute Gasteiger partial charge is 0.327 e. The molecule has 2 aromatic carbocycles. The second-order valence-corrected chi connectivity index (χ2v) is 19.5. The van der Waals surface area contributed by atoms with E-state index < -0.39 is 78.0 Å². The van der Waals surface area contributed by atoms with Gasteiger partial charge in [0.2, 0.25) is 23.6 Å². The van der Waals surface area contributed by atoms with Gasteiger partial charge in [0, 0.05) is 64.4 Å². The number of hydrogen-bond donors (Lipinski definition) is 8. The molecule has 0 saturated carbocycles. The summed E-state index contributed by atoms with van der Waals surface area (Å²) in [6, 6.07) is 13.1.